The summed E-state index contributed by atoms with van der Waals surface area (Å²) in [4.78, 5) is 2.13. The molecule has 2 aliphatic rings. The highest BCUT2D eigenvalue weighted by Crippen LogP contribution is 2.13. The second-order valence-corrected chi connectivity index (χ2v) is 6.87. The number of alkyl halides is 1. The SMILES string of the molecule is O=S(=O)(N1CCNCC1)N1CCN(CCCF)CC1. The number of rotatable bonds is 5. The third kappa shape index (κ3) is 3.85. The lowest BCUT2D eigenvalue weighted by atomic mass is 10.3. The van der Waals surface area contributed by atoms with Crippen molar-refractivity contribution in [2.45, 2.75) is 6.42 Å². The van der Waals surface area contributed by atoms with Gasteiger partial charge in [-0.15, -0.1) is 0 Å². The summed E-state index contributed by atoms with van der Waals surface area (Å²) in [6.07, 6.45) is 0.532. The minimum atomic E-state index is -3.30. The van der Waals surface area contributed by atoms with Gasteiger partial charge in [0.05, 0.1) is 6.67 Å². The van der Waals surface area contributed by atoms with Crippen molar-refractivity contribution in [3.05, 3.63) is 0 Å². The Bertz CT molecular complexity index is 365. The fourth-order valence-electron chi connectivity index (χ4n) is 2.51. The second-order valence-electron chi connectivity index (χ2n) is 4.94. The predicted molar refractivity (Wildman–Crippen MR) is 72.0 cm³/mol. The maximum Gasteiger partial charge on any atom is 0.282 e. The Morgan fingerprint density at radius 2 is 1.53 bits per heavy atom. The van der Waals surface area contributed by atoms with Crippen molar-refractivity contribution < 1.29 is 12.8 Å². The van der Waals surface area contributed by atoms with Crippen LogP contribution in [-0.2, 0) is 10.2 Å². The van der Waals surface area contributed by atoms with Crippen LogP contribution >= 0.6 is 0 Å². The summed E-state index contributed by atoms with van der Waals surface area (Å²) in [6, 6.07) is 0. The molecule has 2 fully saturated rings. The third-order valence-electron chi connectivity index (χ3n) is 3.67. The number of piperazine rings is 2. The van der Waals surface area contributed by atoms with Crippen molar-refractivity contribution in [1.82, 2.24) is 18.8 Å². The van der Waals surface area contributed by atoms with E-state index in [4.69, 9.17) is 0 Å². The first kappa shape index (κ1) is 15.1. The molecule has 0 atom stereocenters. The van der Waals surface area contributed by atoms with E-state index >= 15 is 0 Å². The van der Waals surface area contributed by atoms with Gasteiger partial charge in [0.1, 0.15) is 0 Å². The molecule has 0 aromatic rings. The van der Waals surface area contributed by atoms with Crippen LogP contribution in [0.4, 0.5) is 4.39 Å². The topological polar surface area (TPSA) is 55.9 Å². The van der Waals surface area contributed by atoms with Crippen LogP contribution in [0.3, 0.4) is 0 Å². The molecule has 0 unspecified atom stereocenters. The first-order chi connectivity index (χ1) is 9.14. The summed E-state index contributed by atoms with van der Waals surface area (Å²) in [5, 5.41) is 3.15. The van der Waals surface area contributed by atoms with Gasteiger partial charge in [0, 0.05) is 58.9 Å². The Kier molecular flexibility index (Phi) is 5.52. The van der Waals surface area contributed by atoms with Gasteiger partial charge in [-0.25, -0.2) is 0 Å². The molecule has 0 aromatic carbocycles. The molecule has 0 aliphatic carbocycles. The first-order valence-electron chi connectivity index (χ1n) is 6.89. The van der Waals surface area contributed by atoms with Gasteiger partial charge < -0.3 is 10.2 Å². The summed E-state index contributed by atoms with van der Waals surface area (Å²) in [5.41, 5.74) is 0. The largest absolute Gasteiger partial charge is 0.314 e. The van der Waals surface area contributed by atoms with Crippen molar-refractivity contribution in [2.75, 3.05) is 65.6 Å². The van der Waals surface area contributed by atoms with Crippen molar-refractivity contribution in [3.63, 3.8) is 0 Å². The Hall–Kier alpha value is -0.280. The monoisotopic (exact) mass is 294 g/mol. The van der Waals surface area contributed by atoms with E-state index in [-0.39, 0.29) is 6.67 Å². The molecule has 112 valence electrons. The molecule has 2 heterocycles. The number of halogens is 1. The maximum absolute atomic E-state index is 12.4. The minimum absolute atomic E-state index is 0.306. The van der Waals surface area contributed by atoms with Crippen molar-refractivity contribution >= 4 is 10.2 Å². The highest BCUT2D eigenvalue weighted by atomic mass is 32.2. The van der Waals surface area contributed by atoms with E-state index in [1.165, 1.54) is 0 Å². The lowest BCUT2D eigenvalue weighted by Crippen LogP contribution is -2.56. The molecular weight excluding hydrogens is 271 g/mol. The summed E-state index contributed by atoms with van der Waals surface area (Å²) in [6.45, 7) is 5.37. The van der Waals surface area contributed by atoms with Crippen molar-refractivity contribution in [1.29, 1.82) is 0 Å². The van der Waals surface area contributed by atoms with Gasteiger partial charge in [0.2, 0.25) is 0 Å². The fourth-order valence-corrected chi connectivity index (χ4v) is 4.10. The molecule has 2 aliphatic heterocycles. The molecule has 0 bridgehead atoms. The normalized spacial score (nSPS) is 24.7. The first-order valence-corrected chi connectivity index (χ1v) is 8.28. The van der Waals surface area contributed by atoms with Crippen molar-refractivity contribution in [2.24, 2.45) is 0 Å². The van der Waals surface area contributed by atoms with Crippen LogP contribution in [0.25, 0.3) is 0 Å². The molecule has 1 N–H and O–H groups in total. The highest BCUT2D eigenvalue weighted by molar-refractivity contribution is 7.86. The second kappa shape index (κ2) is 6.94. The van der Waals surface area contributed by atoms with Gasteiger partial charge in [-0.2, -0.15) is 17.0 Å². The molecule has 0 radical (unpaired) electrons. The number of hydrogen-bond donors (Lipinski definition) is 1. The average Bonchev–Trinajstić information content (AvgIpc) is 2.46. The zero-order valence-corrected chi connectivity index (χ0v) is 12.0. The zero-order valence-electron chi connectivity index (χ0n) is 11.2. The maximum atomic E-state index is 12.4. The van der Waals surface area contributed by atoms with Gasteiger partial charge in [-0.3, -0.25) is 4.39 Å². The standard InChI is InChI=1S/C11H23FN4O2S/c12-2-1-5-14-8-10-16(11-9-14)19(17,18)15-6-3-13-4-7-15/h13H,1-11H2. The zero-order chi connectivity index (χ0) is 13.7. The van der Waals surface area contributed by atoms with Crippen LogP contribution in [0.5, 0.6) is 0 Å². The number of hydrogen-bond acceptors (Lipinski definition) is 4. The van der Waals surface area contributed by atoms with E-state index < -0.39 is 10.2 Å². The molecule has 8 heteroatoms. The Balaban J connectivity index is 1.85. The van der Waals surface area contributed by atoms with Crippen LogP contribution in [0.15, 0.2) is 0 Å². The molecular formula is C11H23FN4O2S. The Morgan fingerprint density at radius 3 is 2.11 bits per heavy atom. The van der Waals surface area contributed by atoms with Gasteiger partial charge in [0.25, 0.3) is 10.2 Å². The van der Waals surface area contributed by atoms with Gasteiger partial charge in [-0.1, -0.05) is 0 Å². The summed E-state index contributed by atoms with van der Waals surface area (Å²) < 4.78 is 40.0. The molecule has 0 amide bonds. The fraction of sp³-hybridized carbons (Fsp3) is 1.00. The van der Waals surface area contributed by atoms with E-state index in [9.17, 15) is 12.8 Å². The number of nitrogens with zero attached hydrogens (tertiary/aromatic N) is 3. The lowest BCUT2D eigenvalue weighted by molar-refractivity contribution is 0.174. The lowest BCUT2D eigenvalue weighted by Gasteiger charge is -2.37. The van der Waals surface area contributed by atoms with E-state index in [0.717, 1.165) is 19.6 Å². The van der Waals surface area contributed by atoms with Gasteiger partial charge in [-0.05, 0) is 6.42 Å². The molecule has 2 rings (SSSR count). The van der Waals surface area contributed by atoms with Crippen LogP contribution in [-0.4, -0.2) is 87.5 Å². The Labute approximate surface area is 114 Å². The molecule has 0 saturated carbocycles. The van der Waals surface area contributed by atoms with Crippen LogP contribution < -0.4 is 5.32 Å². The van der Waals surface area contributed by atoms with Crippen LogP contribution in [0.2, 0.25) is 0 Å². The third-order valence-corrected chi connectivity index (χ3v) is 5.70. The van der Waals surface area contributed by atoms with E-state index in [0.29, 0.717) is 45.7 Å². The molecule has 6 nitrogen and oxygen atoms in total. The number of nitrogens with one attached hydrogen (secondary N) is 1. The smallest absolute Gasteiger partial charge is 0.282 e. The van der Waals surface area contributed by atoms with E-state index in [1.54, 1.807) is 8.61 Å². The van der Waals surface area contributed by atoms with E-state index in [1.807, 2.05) is 0 Å². The summed E-state index contributed by atoms with van der Waals surface area (Å²) in [5.74, 6) is 0. The average molecular weight is 294 g/mol. The summed E-state index contributed by atoms with van der Waals surface area (Å²) >= 11 is 0. The quantitative estimate of drug-likeness (QED) is 0.715. The van der Waals surface area contributed by atoms with Gasteiger partial charge in [0.15, 0.2) is 0 Å². The highest BCUT2D eigenvalue weighted by Gasteiger charge is 2.32. The van der Waals surface area contributed by atoms with Crippen molar-refractivity contribution in [3.8, 4) is 0 Å². The Morgan fingerprint density at radius 1 is 0.947 bits per heavy atom. The van der Waals surface area contributed by atoms with E-state index in [2.05, 4.69) is 10.2 Å². The summed E-state index contributed by atoms with van der Waals surface area (Å²) in [7, 11) is -3.30. The molecule has 0 spiro atoms. The predicted octanol–water partition coefficient (Wildman–Crippen LogP) is -0.886. The van der Waals surface area contributed by atoms with Gasteiger partial charge >= 0.3 is 0 Å². The van der Waals surface area contributed by atoms with Crippen LogP contribution in [0, 0.1) is 0 Å². The molecule has 2 saturated heterocycles. The molecule has 0 aromatic heterocycles. The van der Waals surface area contributed by atoms with Crippen LogP contribution in [0.1, 0.15) is 6.42 Å². The molecule has 19 heavy (non-hydrogen) atoms. The minimum Gasteiger partial charge on any atom is -0.314 e.